The number of nitrogens with zero attached hydrogens (tertiary/aromatic N) is 1. The number of nitrogens with two attached hydrogens (primary N) is 1. The lowest BCUT2D eigenvalue weighted by molar-refractivity contribution is 0.322. The molecule has 0 saturated carbocycles. The zero-order valence-electron chi connectivity index (χ0n) is 12.2. The number of hydrazine groups is 1. The van der Waals surface area contributed by atoms with Crippen molar-refractivity contribution in [2.24, 2.45) is 5.84 Å². The molecule has 0 amide bonds. The minimum Gasteiger partial charge on any atom is -0.300 e. The molecule has 2 aliphatic rings. The fraction of sp³-hybridized carbons (Fsp3) is 0.333. The number of para-hydroxylation sites is 1. The quantitative estimate of drug-likeness (QED) is 0.736. The maximum atomic E-state index is 6.54. The Balaban J connectivity index is 2.07. The summed E-state index contributed by atoms with van der Waals surface area (Å²) in [5, 5.41) is 1.99. The van der Waals surface area contributed by atoms with E-state index in [1.807, 2.05) is 5.01 Å². The van der Waals surface area contributed by atoms with Crippen LogP contribution < -0.4 is 10.9 Å². The molecule has 20 heavy (non-hydrogen) atoms. The smallest absolute Gasteiger partial charge is 0.0861 e. The molecular formula is C18H20N2. The second-order valence-corrected chi connectivity index (χ2v) is 6.78. The van der Waals surface area contributed by atoms with Crippen molar-refractivity contribution in [3.63, 3.8) is 0 Å². The summed E-state index contributed by atoms with van der Waals surface area (Å²) in [4.78, 5) is 0. The molecule has 2 atom stereocenters. The van der Waals surface area contributed by atoms with Crippen molar-refractivity contribution in [1.82, 2.24) is 0 Å². The Morgan fingerprint density at radius 2 is 1.50 bits per heavy atom. The first kappa shape index (κ1) is 12.0. The highest BCUT2D eigenvalue weighted by atomic mass is 15.5. The number of hydrogen-bond donors (Lipinski definition) is 1. The molecule has 2 aromatic rings. The molecule has 2 unspecified atom stereocenters. The molecule has 0 spiro atoms. The zero-order valence-corrected chi connectivity index (χ0v) is 12.2. The Kier molecular flexibility index (Phi) is 2.06. The molecule has 4 rings (SSSR count). The minimum atomic E-state index is -0.149. The first-order valence-electron chi connectivity index (χ1n) is 7.23. The third-order valence-corrected chi connectivity index (χ3v) is 5.46. The summed E-state index contributed by atoms with van der Waals surface area (Å²) in [6, 6.07) is 17.3. The van der Waals surface area contributed by atoms with E-state index in [4.69, 9.17) is 5.84 Å². The van der Waals surface area contributed by atoms with Gasteiger partial charge < -0.3 is 0 Å². The van der Waals surface area contributed by atoms with Crippen molar-refractivity contribution >= 4 is 5.69 Å². The Morgan fingerprint density at radius 1 is 0.900 bits per heavy atom. The van der Waals surface area contributed by atoms with Gasteiger partial charge in [0, 0.05) is 5.92 Å². The Hall–Kier alpha value is -1.80. The molecule has 2 aromatic carbocycles. The average molecular weight is 264 g/mol. The summed E-state index contributed by atoms with van der Waals surface area (Å²) in [6.45, 7) is 6.97. The molecule has 102 valence electrons. The lowest BCUT2D eigenvalue weighted by Crippen LogP contribution is -2.47. The standard InChI is InChI=1S/C18H20N2/c1-17(2)13-9-5-6-10-14(13)18(3)16(17)12-8-4-7-11-15(12)20(18)19/h4-11,16H,19H2,1-3H3. The molecule has 0 radical (unpaired) electrons. The van der Waals surface area contributed by atoms with Crippen LogP contribution in [-0.4, -0.2) is 0 Å². The van der Waals surface area contributed by atoms with Gasteiger partial charge in [-0.2, -0.15) is 0 Å². The third-order valence-electron chi connectivity index (χ3n) is 5.46. The maximum absolute atomic E-state index is 6.54. The fourth-order valence-corrected chi connectivity index (χ4v) is 4.66. The highest BCUT2D eigenvalue weighted by Gasteiger charge is 2.60. The second kappa shape index (κ2) is 3.44. The predicted octanol–water partition coefficient (Wildman–Crippen LogP) is 3.67. The van der Waals surface area contributed by atoms with Crippen LogP contribution >= 0.6 is 0 Å². The van der Waals surface area contributed by atoms with E-state index in [-0.39, 0.29) is 11.0 Å². The summed E-state index contributed by atoms with van der Waals surface area (Å²) < 4.78 is 0. The summed E-state index contributed by atoms with van der Waals surface area (Å²) in [5.41, 5.74) is 5.28. The first-order valence-corrected chi connectivity index (χ1v) is 7.23. The number of fused-ring (bicyclic) bond motifs is 5. The van der Waals surface area contributed by atoms with E-state index in [9.17, 15) is 0 Å². The monoisotopic (exact) mass is 264 g/mol. The van der Waals surface area contributed by atoms with Crippen LogP contribution in [0.3, 0.4) is 0 Å². The van der Waals surface area contributed by atoms with Crippen molar-refractivity contribution in [3.8, 4) is 0 Å². The first-order chi connectivity index (χ1) is 9.49. The SMILES string of the molecule is CC1(C)c2ccccc2C2(C)C1c1ccccc1N2N. The van der Waals surface area contributed by atoms with Crippen molar-refractivity contribution in [2.45, 2.75) is 37.6 Å². The molecule has 2 N–H and O–H groups in total. The van der Waals surface area contributed by atoms with E-state index >= 15 is 0 Å². The van der Waals surface area contributed by atoms with Gasteiger partial charge in [0.15, 0.2) is 0 Å². The highest BCUT2D eigenvalue weighted by Crippen LogP contribution is 2.64. The minimum absolute atomic E-state index is 0.0928. The van der Waals surface area contributed by atoms with Crippen molar-refractivity contribution in [2.75, 3.05) is 5.01 Å². The Morgan fingerprint density at radius 3 is 2.25 bits per heavy atom. The van der Waals surface area contributed by atoms with Crippen LogP contribution in [-0.2, 0) is 11.0 Å². The van der Waals surface area contributed by atoms with Crippen molar-refractivity contribution < 1.29 is 0 Å². The van der Waals surface area contributed by atoms with Crippen molar-refractivity contribution in [3.05, 3.63) is 65.2 Å². The van der Waals surface area contributed by atoms with Gasteiger partial charge in [-0.1, -0.05) is 56.3 Å². The van der Waals surface area contributed by atoms with E-state index in [0.29, 0.717) is 5.92 Å². The van der Waals surface area contributed by atoms with E-state index in [0.717, 1.165) is 0 Å². The van der Waals surface area contributed by atoms with Gasteiger partial charge in [0.1, 0.15) is 0 Å². The van der Waals surface area contributed by atoms with Gasteiger partial charge in [0.25, 0.3) is 0 Å². The summed E-state index contributed by atoms with van der Waals surface area (Å²) in [5.74, 6) is 6.93. The molecule has 0 fully saturated rings. The lowest BCUT2D eigenvalue weighted by Gasteiger charge is -2.37. The third kappa shape index (κ3) is 1.10. The molecule has 0 saturated heterocycles. The number of benzene rings is 2. The molecular weight excluding hydrogens is 244 g/mol. The summed E-state index contributed by atoms with van der Waals surface area (Å²) in [7, 11) is 0. The topological polar surface area (TPSA) is 29.3 Å². The fourth-order valence-electron chi connectivity index (χ4n) is 4.66. The van der Waals surface area contributed by atoms with E-state index in [1.165, 1.54) is 22.4 Å². The summed E-state index contributed by atoms with van der Waals surface area (Å²) in [6.07, 6.45) is 0. The average Bonchev–Trinajstić information content (AvgIpc) is 2.79. The van der Waals surface area contributed by atoms with Crippen LogP contribution in [0.15, 0.2) is 48.5 Å². The van der Waals surface area contributed by atoms with Crippen LogP contribution in [0.4, 0.5) is 5.69 Å². The molecule has 0 aromatic heterocycles. The Labute approximate surface area is 120 Å². The van der Waals surface area contributed by atoms with E-state index in [1.54, 1.807) is 0 Å². The van der Waals surface area contributed by atoms with Crippen LogP contribution in [0, 0.1) is 0 Å². The van der Waals surface area contributed by atoms with Gasteiger partial charge >= 0.3 is 0 Å². The molecule has 1 heterocycles. The number of rotatable bonds is 0. The molecule has 1 aliphatic heterocycles. The van der Waals surface area contributed by atoms with Crippen LogP contribution in [0.25, 0.3) is 0 Å². The molecule has 2 heteroatoms. The van der Waals surface area contributed by atoms with Crippen LogP contribution in [0.5, 0.6) is 0 Å². The van der Waals surface area contributed by atoms with Crippen molar-refractivity contribution in [1.29, 1.82) is 0 Å². The van der Waals surface area contributed by atoms with Crippen LogP contribution in [0.2, 0.25) is 0 Å². The van der Waals surface area contributed by atoms with E-state index < -0.39 is 0 Å². The molecule has 1 aliphatic carbocycles. The lowest BCUT2D eigenvalue weighted by atomic mass is 9.71. The summed E-state index contributed by atoms with van der Waals surface area (Å²) >= 11 is 0. The second-order valence-electron chi connectivity index (χ2n) is 6.78. The largest absolute Gasteiger partial charge is 0.300 e. The number of anilines is 1. The van der Waals surface area contributed by atoms with E-state index in [2.05, 4.69) is 69.3 Å². The number of hydrogen-bond acceptors (Lipinski definition) is 2. The van der Waals surface area contributed by atoms with Gasteiger partial charge in [-0.3, -0.25) is 5.01 Å². The maximum Gasteiger partial charge on any atom is 0.0861 e. The van der Waals surface area contributed by atoms with Gasteiger partial charge in [0.2, 0.25) is 0 Å². The normalized spacial score (nSPS) is 29.0. The predicted molar refractivity (Wildman–Crippen MR) is 82.7 cm³/mol. The molecule has 2 nitrogen and oxygen atoms in total. The van der Waals surface area contributed by atoms with Gasteiger partial charge in [-0.25, -0.2) is 5.84 Å². The zero-order chi connectivity index (χ0) is 14.1. The van der Waals surface area contributed by atoms with Gasteiger partial charge in [-0.05, 0) is 35.1 Å². The Bertz CT molecular complexity index is 704. The van der Waals surface area contributed by atoms with Gasteiger partial charge in [-0.15, -0.1) is 0 Å². The van der Waals surface area contributed by atoms with Crippen LogP contribution in [0.1, 0.15) is 43.4 Å². The molecule has 0 bridgehead atoms. The van der Waals surface area contributed by atoms with Gasteiger partial charge in [0.05, 0.1) is 11.2 Å². The highest BCUT2D eigenvalue weighted by molar-refractivity contribution is 5.70.